The largest absolute Gasteiger partial charge is 0.480 e. The van der Waals surface area contributed by atoms with Crippen LogP contribution in [0.1, 0.15) is 29.5 Å². The lowest BCUT2D eigenvalue weighted by Crippen LogP contribution is -2.58. The number of β-lactam (4-membered cyclic amide) rings is 1. The molecule has 2 saturated heterocycles. The summed E-state index contributed by atoms with van der Waals surface area (Å²) in [6.45, 7) is 3.58. The lowest BCUT2D eigenvalue weighted by molar-refractivity contribution is -0.157. The standard InChI is InChI=1S/C13H16N4O5S/c1-6-9(12(21)22-3)15-16(14-6)5-13(2)10(11(19)20)17-7(18)4-8(17)23-13/h8,10H,4-5H2,1-3H3,(H,19,20). The number of fused-ring (bicyclic) bond motifs is 1. The lowest BCUT2D eigenvalue weighted by Gasteiger charge is -2.36. The van der Waals surface area contributed by atoms with Crippen LogP contribution in [0.5, 0.6) is 0 Å². The molecule has 2 aliphatic rings. The molecule has 2 aliphatic heterocycles. The Balaban J connectivity index is 1.88. The van der Waals surface area contributed by atoms with Crippen LogP contribution in [0.4, 0.5) is 0 Å². The molecule has 1 aromatic rings. The molecule has 0 bridgehead atoms. The maximum Gasteiger partial charge on any atom is 0.360 e. The van der Waals surface area contributed by atoms with E-state index in [0.717, 1.165) is 0 Å². The van der Waals surface area contributed by atoms with Crippen molar-refractivity contribution in [3.05, 3.63) is 11.4 Å². The molecular formula is C13H16N4O5S. The number of thioether (sulfide) groups is 1. The van der Waals surface area contributed by atoms with Gasteiger partial charge in [-0.3, -0.25) is 4.79 Å². The van der Waals surface area contributed by atoms with Crippen molar-refractivity contribution in [1.29, 1.82) is 0 Å². The van der Waals surface area contributed by atoms with Crippen molar-refractivity contribution in [2.24, 2.45) is 0 Å². The molecule has 0 spiro atoms. The van der Waals surface area contributed by atoms with Crippen LogP contribution in [0, 0.1) is 6.92 Å². The van der Waals surface area contributed by atoms with E-state index in [1.807, 2.05) is 0 Å². The van der Waals surface area contributed by atoms with Crippen LogP contribution in [0.2, 0.25) is 0 Å². The number of carboxylic acids is 1. The number of carboxylic acid groups (broad SMARTS) is 1. The highest BCUT2D eigenvalue weighted by atomic mass is 32.2. The number of carbonyl (C=O) groups is 3. The highest BCUT2D eigenvalue weighted by molar-refractivity contribution is 8.01. The van der Waals surface area contributed by atoms with E-state index in [1.54, 1.807) is 13.8 Å². The third kappa shape index (κ3) is 2.37. The average molecular weight is 340 g/mol. The van der Waals surface area contributed by atoms with Gasteiger partial charge < -0.3 is 14.7 Å². The highest BCUT2D eigenvalue weighted by Crippen LogP contribution is 2.51. The first-order valence-corrected chi connectivity index (χ1v) is 7.86. The zero-order chi connectivity index (χ0) is 16.9. The SMILES string of the molecule is COC(=O)c1nn(CC2(C)SC3CC(=O)N3C2C(=O)O)nc1C. The summed E-state index contributed by atoms with van der Waals surface area (Å²) in [4.78, 5) is 37.7. The van der Waals surface area contributed by atoms with Crippen LogP contribution >= 0.6 is 11.8 Å². The van der Waals surface area contributed by atoms with Crippen LogP contribution in [0.3, 0.4) is 0 Å². The van der Waals surface area contributed by atoms with Crippen LogP contribution < -0.4 is 0 Å². The monoisotopic (exact) mass is 340 g/mol. The molecule has 9 nitrogen and oxygen atoms in total. The summed E-state index contributed by atoms with van der Waals surface area (Å²) in [7, 11) is 1.26. The topological polar surface area (TPSA) is 115 Å². The fourth-order valence-electron chi connectivity index (χ4n) is 3.05. The van der Waals surface area contributed by atoms with E-state index in [1.165, 1.54) is 28.6 Å². The first-order chi connectivity index (χ1) is 10.8. The summed E-state index contributed by atoms with van der Waals surface area (Å²) in [6.07, 6.45) is 0.350. The molecule has 10 heteroatoms. The number of aromatic nitrogens is 3. The van der Waals surface area contributed by atoms with E-state index >= 15 is 0 Å². The molecule has 0 aromatic carbocycles. The second-order valence-electron chi connectivity index (χ2n) is 5.79. The number of carbonyl (C=O) groups excluding carboxylic acids is 2. The van der Waals surface area contributed by atoms with Gasteiger partial charge in [-0.05, 0) is 13.8 Å². The quantitative estimate of drug-likeness (QED) is 0.596. The molecule has 3 rings (SSSR count). The molecule has 1 aromatic heterocycles. The Morgan fingerprint density at radius 3 is 2.74 bits per heavy atom. The van der Waals surface area contributed by atoms with Gasteiger partial charge in [0, 0.05) is 0 Å². The summed E-state index contributed by atoms with van der Waals surface area (Å²) < 4.78 is 3.86. The molecule has 3 atom stereocenters. The number of aliphatic carboxylic acids is 1. The molecule has 3 heterocycles. The number of hydrogen-bond acceptors (Lipinski definition) is 7. The average Bonchev–Trinajstić information content (AvgIpc) is 2.93. The minimum atomic E-state index is -1.05. The predicted molar refractivity (Wildman–Crippen MR) is 78.8 cm³/mol. The molecule has 0 saturated carbocycles. The molecule has 2 fully saturated rings. The van der Waals surface area contributed by atoms with Gasteiger partial charge in [-0.1, -0.05) is 0 Å². The number of aryl methyl sites for hydroxylation is 1. The van der Waals surface area contributed by atoms with Gasteiger partial charge in [0.1, 0.15) is 6.04 Å². The van der Waals surface area contributed by atoms with E-state index in [4.69, 9.17) is 0 Å². The van der Waals surface area contributed by atoms with E-state index in [0.29, 0.717) is 12.1 Å². The molecule has 124 valence electrons. The molecular weight excluding hydrogens is 324 g/mol. The van der Waals surface area contributed by atoms with Crippen molar-refractivity contribution >= 4 is 29.6 Å². The van der Waals surface area contributed by atoms with Gasteiger partial charge in [0.15, 0.2) is 5.69 Å². The Labute approximate surface area is 136 Å². The van der Waals surface area contributed by atoms with Crippen LogP contribution in [0.15, 0.2) is 0 Å². The minimum absolute atomic E-state index is 0.102. The van der Waals surface area contributed by atoms with Gasteiger partial charge in [0.2, 0.25) is 5.91 Å². The Bertz CT molecular complexity index is 705. The number of methoxy groups -OCH3 is 1. The second kappa shape index (κ2) is 5.22. The number of hydrogen-bond donors (Lipinski definition) is 1. The van der Waals surface area contributed by atoms with Gasteiger partial charge in [-0.2, -0.15) is 9.90 Å². The van der Waals surface area contributed by atoms with E-state index < -0.39 is 22.7 Å². The van der Waals surface area contributed by atoms with Gasteiger partial charge in [0.05, 0.1) is 35.9 Å². The Morgan fingerprint density at radius 2 is 2.17 bits per heavy atom. The minimum Gasteiger partial charge on any atom is -0.480 e. The van der Waals surface area contributed by atoms with Gasteiger partial charge in [-0.15, -0.1) is 16.9 Å². The predicted octanol–water partition coefficient (Wildman–Crippen LogP) is -0.110. The number of ether oxygens (including phenoxy) is 1. The molecule has 1 amide bonds. The maximum atomic E-state index is 11.7. The van der Waals surface area contributed by atoms with Crippen molar-refractivity contribution in [2.75, 3.05) is 7.11 Å². The van der Waals surface area contributed by atoms with Gasteiger partial charge in [-0.25, -0.2) is 9.59 Å². The summed E-state index contributed by atoms with van der Waals surface area (Å²) in [5.74, 6) is -1.79. The van der Waals surface area contributed by atoms with Crippen LogP contribution in [-0.2, 0) is 20.9 Å². The van der Waals surface area contributed by atoms with E-state index in [9.17, 15) is 19.5 Å². The zero-order valence-corrected chi connectivity index (χ0v) is 13.7. The fraction of sp³-hybridized carbons (Fsp3) is 0.615. The molecule has 3 unspecified atom stereocenters. The molecule has 1 N–H and O–H groups in total. The molecule has 23 heavy (non-hydrogen) atoms. The van der Waals surface area contributed by atoms with Crippen LogP contribution in [0.25, 0.3) is 0 Å². The third-order valence-electron chi connectivity index (χ3n) is 4.10. The van der Waals surface area contributed by atoms with Crippen LogP contribution in [-0.4, -0.2) is 66.1 Å². The number of esters is 1. The summed E-state index contributed by atoms with van der Waals surface area (Å²) in [6, 6.07) is -0.938. The fourth-order valence-corrected chi connectivity index (χ4v) is 4.78. The highest BCUT2D eigenvalue weighted by Gasteiger charge is 2.61. The number of nitrogens with zero attached hydrogens (tertiary/aromatic N) is 4. The zero-order valence-electron chi connectivity index (χ0n) is 12.8. The second-order valence-corrected chi connectivity index (χ2v) is 7.50. The third-order valence-corrected chi connectivity index (χ3v) is 5.66. The van der Waals surface area contributed by atoms with Gasteiger partial charge >= 0.3 is 11.9 Å². The molecule has 0 radical (unpaired) electrons. The van der Waals surface area contributed by atoms with Crippen molar-refractivity contribution in [3.8, 4) is 0 Å². The Morgan fingerprint density at radius 1 is 1.48 bits per heavy atom. The summed E-state index contributed by atoms with van der Waals surface area (Å²) in [5, 5.41) is 17.7. The van der Waals surface area contributed by atoms with E-state index in [2.05, 4.69) is 14.9 Å². The molecule has 0 aliphatic carbocycles. The van der Waals surface area contributed by atoms with Crippen molar-refractivity contribution in [2.45, 2.75) is 43.0 Å². The first-order valence-electron chi connectivity index (χ1n) is 6.98. The lowest BCUT2D eigenvalue weighted by atomic mass is 9.96. The van der Waals surface area contributed by atoms with Crippen molar-refractivity contribution < 1.29 is 24.2 Å². The first kappa shape index (κ1) is 15.8. The smallest absolute Gasteiger partial charge is 0.360 e. The number of amides is 1. The van der Waals surface area contributed by atoms with E-state index in [-0.39, 0.29) is 23.5 Å². The number of rotatable bonds is 4. The Kier molecular flexibility index (Phi) is 3.58. The van der Waals surface area contributed by atoms with Crippen molar-refractivity contribution in [3.63, 3.8) is 0 Å². The Hall–Kier alpha value is -2.10. The summed E-state index contributed by atoms with van der Waals surface area (Å²) >= 11 is 1.43. The maximum absolute atomic E-state index is 11.7. The normalized spacial score (nSPS) is 29.2. The van der Waals surface area contributed by atoms with Crippen molar-refractivity contribution in [1.82, 2.24) is 19.9 Å². The van der Waals surface area contributed by atoms with Gasteiger partial charge in [0.25, 0.3) is 0 Å². The summed E-state index contributed by atoms with van der Waals surface area (Å²) in [5.41, 5.74) is 0.514.